The Morgan fingerprint density at radius 1 is 0.177 bits per heavy atom. The zero-order chi connectivity index (χ0) is 24.7. The molecule has 368 valence electrons. The van der Waals surface area contributed by atoms with Crippen molar-refractivity contribution in [3.8, 4) is 34.2 Å². The van der Waals surface area contributed by atoms with Gasteiger partial charge in [0.25, 0.3) is 0 Å². The summed E-state index contributed by atoms with van der Waals surface area (Å²) in [4.78, 5) is 25.1. The maximum atomic E-state index is 4.19. The molecule has 25 nitrogen and oxygen atoms in total. The predicted molar refractivity (Wildman–Crippen MR) is 155 cm³/mol. The fraction of sp³-hybridized carbons (Fsp3) is 0. The van der Waals surface area contributed by atoms with Crippen molar-refractivity contribution in [2.75, 3.05) is 0 Å². The molecule has 0 amide bonds. The van der Waals surface area contributed by atoms with E-state index in [0.717, 1.165) is 34.2 Å². The van der Waals surface area contributed by atoms with E-state index in [1.165, 1.54) is 0 Å². The van der Waals surface area contributed by atoms with Crippen molar-refractivity contribution in [2.45, 2.75) is 0 Å². The van der Waals surface area contributed by atoms with Crippen LogP contribution in [0.3, 0.4) is 0 Å². The zero-order valence-electron chi connectivity index (χ0n) is 30.1. The van der Waals surface area contributed by atoms with Gasteiger partial charge in [-0.15, -0.1) is 0 Å². The van der Waals surface area contributed by atoms with E-state index in [2.05, 4.69) is 29.9 Å². The monoisotopic (exact) mass is 1420 g/mol. The first-order valence-corrected chi connectivity index (χ1v) is 11.4. The fourth-order valence-corrected chi connectivity index (χ4v) is 3.09. The Balaban J connectivity index is -0.0000000145. The smallest absolute Gasteiger partial charge is 2.00 e. The summed E-state index contributed by atoms with van der Waals surface area (Å²) in [6.07, 6.45) is 10.6. The number of nitrogens with zero attached hydrogens (tertiary/aromatic N) is 6. The van der Waals surface area contributed by atoms with E-state index in [0.29, 0.717) is 0 Å². The molecule has 6 rings (SSSR count). The Kier molecular flexibility index (Phi) is 232. The summed E-state index contributed by atoms with van der Waals surface area (Å²) >= 11 is 0. The summed E-state index contributed by atoms with van der Waals surface area (Å²) in [5.41, 5.74) is 5.49. The van der Waals surface area contributed by atoms with Gasteiger partial charge >= 0.3 is 16.8 Å². The van der Waals surface area contributed by atoms with Crippen LogP contribution in [0.4, 0.5) is 0 Å². The second-order valence-corrected chi connectivity index (χ2v) is 7.29. The van der Waals surface area contributed by atoms with Gasteiger partial charge in [0, 0.05) is 164 Å². The molecule has 0 saturated heterocycles. The summed E-state index contributed by atoms with van der Waals surface area (Å²) in [6, 6.07) is 34.8. The van der Waals surface area contributed by atoms with Crippen LogP contribution in [0.15, 0.2) is 146 Å². The van der Waals surface area contributed by atoms with Gasteiger partial charge in [-0.05, 0) is 72.8 Å². The average Bonchev–Trinajstić information content (AvgIpc) is 3.01. The molecule has 62 heavy (non-hydrogen) atoms. The van der Waals surface area contributed by atoms with E-state index in [1.54, 1.807) is 37.2 Å². The molecule has 6 aromatic heterocycles. The van der Waals surface area contributed by atoms with Crippen LogP contribution in [0.25, 0.3) is 34.2 Å². The second kappa shape index (κ2) is 94.4. The van der Waals surface area contributed by atoms with Gasteiger partial charge in [-0.1, -0.05) is 36.4 Å². The molecule has 0 aliphatic rings. The summed E-state index contributed by atoms with van der Waals surface area (Å²) in [7, 11) is 0. The standard InChI is InChI=1S/3C10H8N2.Co.6Mo.19O/c3*1-3-7-11-9(5-1)10-6-2-4-8-12-10;;;;;;;;;;;;;;;;;;;;;;;;;;/h3*1-8H;;;;;;;;;;;;;;;;;;;;;;;;;;/q;;;+3;;;;;;;19*-2. The molecule has 32 heteroatoms. The number of rotatable bonds is 3. The van der Waals surface area contributed by atoms with E-state index >= 15 is 0 Å². The van der Waals surface area contributed by atoms with Crippen LogP contribution in [-0.2, 0) is 247 Å². The average molecular weight is 1410 g/mol. The van der Waals surface area contributed by atoms with Crippen LogP contribution in [0.1, 0.15) is 0 Å². The van der Waals surface area contributed by atoms with Crippen molar-refractivity contribution in [1.82, 2.24) is 29.9 Å². The van der Waals surface area contributed by atoms with Crippen LogP contribution in [-0.4, -0.2) is 29.9 Å². The molecule has 0 aliphatic carbocycles. The third-order valence-electron chi connectivity index (χ3n) is 4.78. The van der Waals surface area contributed by atoms with Crippen molar-refractivity contribution in [3.63, 3.8) is 0 Å². The normalized spacial score (nSPS) is 5.61. The number of hydrogen-bond acceptors (Lipinski definition) is 6. The number of pyridine rings is 6. The van der Waals surface area contributed by atoms with Crippen LogP contribution in [0, 0.1) is 0 Å². The third kappa shape index (κ3) is 56.8. The summed E-state index contributed by atoms with van der Waals surface area (Å²) < 4.78 is 0. The molecular weight excluding hydrogens is 1380 g/mol. The molecule has 6 aromatic rings. The molecule has 0 spiro atoms. The molecule has 0 atom stereocenters. The number of hydrogen-bond donors (Lipinski definition) is 0. The molecule has 0 bridgehead atoms. The Morgan fingerprint density at radius 3 is 0.339 bits per heavy atom. The summed E-state index contributed by atoms with van der Waals surface area (Å²) in [6.45, 7) is 0. The van der Waals surface area contributed by atoms with Gasteiger partial charge in [-0.3, -0.25) is 29.9 Å². The predicted octanol–water partition coefficient (Wildman–Crippen LogP) is 4.16. The van der Waals surface area contributed by atoms with Gasteiger partial charge < -0.3 is 104 Å². The van der Waals surface area contributed by atoms with Crippen molar-refractivity contribution < 1.29 is 247 Å². The molecule has 0 unspecified atom stereocenters. The molecule has 6 heterocycles. The van der Waals surface area contributed by atoms with Gasteiger partial charge in [0.15, 0.2) is 0 Å². The molecule has 0 N–H and O–H groups in total. The molecule has 0 saturated carbocycles. The van der Waals surface area contributed by atoms with Crippen molar-refractivity contribution in [3.05, 3.63) is 146 Å². The maximum absolute atomic E-state index is 4.19. The first-order valence-electron chi connectivity index (χ1n) is 11.4. The van der Waals surface area contributed by atoms with Crippen LogP contribution >= 0.6 is 0 Å². The van der Waals surface area contributed by atoms with Crippen molar-refractivity contribution in [2.24, 2.45) is 0 Å². The maximum Gasteiger partial charge on any atom is 3.00 e. The summed E-state index contributed by atoms with van der Waals surface area (Å²) in [5.74, 6) is 0. The Morgan fingerprint density at radius 2 is 0.274 bits per heavy atom. The fourth-order valence-electron chi connectivity index (χ4n) is 3.09. The van der Waals surface area contributed by atoms with Gasteiger partial charge in [-0.25, -0.2) is 0 Å². The molecule has 0 aliphatic heterocycles. The van der Waals surface area contributed by atoms with Gasteiger partial charge in [0.1, 0.15) is 0 Å². The Hall–Kier alpha value is -1.22. The van der Waals surface area contributed by atoms with Crippen molar-refractivity contribution >= 4 is 0 Å². The minimum absolute atomic E-state index is 0. The minimum atomic E-state index is 0. The largest absolute Gasteiger partial charge is 3.00 e. The molecule has 0 fully saturated rings. The topological polar surface area (TPSA) is 619 Å². The second-order valence-electron chi connectivity index (χ2n) is 7.29. The van der Waals surface area contributed by atoms with E-state index < -0.39 is 0 Å². The molecular formula is C30H24CoMo6N6O19-35. The van der Waals surface area contributed by atoms with Crippen LogP contribution in [0.5, 0.6) is 0 Å². The van der Waals surface area contributed by atoms with Crippen LogP contribution in [0.2, 0.25) is 0 Å². The van der Waals surface area contributed by atoms with Crippen LogP contribution < -0.4 is 0 Å². The van der Waals surface area contributed by atoms with Gasteiger partial charge in [-0.2, -0.15) is 0 Å². The van der Waals surface area contributed by atoms with E-state index in [-0.39, 0.29) is 247 Å². The molecule has 0 aromatic carbocycles. The summed E-state index contributed by atoms with van der Waals surface area (Å²) in [5, 5.41) is 0. The molecule has 0 radical (unpaired) electrons. The number of aromatic nitrogens is 6. The SMILES string of the molecule is [Co+3].[Mo].[Mo].[Mo].[Mo].[Mo].[Mo].[O-2].[O-2].[O-2].[O-2].[O-2].[O-2].[O-2].[O-2].[O-2].[O-2].[O-2].[O-2].[O-2].[O-2].[O-2].[O-2].[O-2].[O-2].[O-2].c1ccc(-c2ccccn2)nc1.c1ccc(-c2ccccn2)nc1.c1ccc(-c2ccccn2)nc1. The van der Waals surface area contributed by atoms with Gasteiger partial charge in [0.05, 0.1) is 34.2 Å². The first kappa shape index (κ1) is 152. The van der Waals surface area contributed by atoms with Gasteiger partial charge in [0.2, 0.25) is 0 Å². The quantitative estimate of drug-likeness (QED) is 0.234. The van der Waals surface area contributed by atoms with E-state index in [9.17, 15) is 0 Å². The van der Waals surface area contributed by atoms with E-state index in [1.807, 2.05) is 109 Å². The minimum Gasteiger partial charge on any atom is -2.00 e. The Bertz CT molecular complexity index is 1180. The Labute approximate surface area is 453 Å². The third-order valence-corrected chi connectivity index (χ3v) is 4.78. The first-order chi connectivity index (χ1) is 17.9. The zero-order valence-corrected chi connectivity index (χ0v) is 43.2. The van der Waals surface area contributed by atoms with Crippen molar-refractivity contribution in [1.29, 1.82) is 0 Å². The van der Waals surface area contributed by atoms with E-state index in [4.69, 9.17) is 0 Å².